The Morgan fingerprint density at radius 3 is 2.66 bits per heavy atom. The Labute approximate surface area is 170 Å². The van der Waals surface area contributed by atoms with Crippen LogP contribution in [0, 0.1) is 6.92 Å². The first-order valence-electron chi connectivity index (χ1n) is 9.87. The Balaban J connectivity index is 1.43. The molecular weight excluding hydrogens is 372 g/mol. The van der Waals surface area contributed by atoms with E-state index in [0.29, 0.717) is 63.0 Å². The third kappa shape index (κ3) is 4.33. The molecule has 0 aliphatic carbocycles. The summed E-state index contributed by atoms with van der Waals surface area (Å²) in [5.41, 5.74) is 1.40. The molecule has 1 amide bonds. The van der Waals surface area contributed by atoms with Crippen molar-refractivity contribution in [3.05, 3.63) is 47.4 Å². The number of hydrogen-bond acceptors (Lipinski definition) is 7. The van der Waals surface area contributed by atoms with Gasteiger partial charge in [-0.25, -0.2) is 9.97 Å². The molecule has 0 bridgehead atoms. The minimum Gasteiger partial charge on any atom is -0.496 e. The number of anilines is 1. The molecule has 2 aliphatic heterocycles. The summed E-state index contributed by atoms with van der Waals surface area (Å²) in [7, 11) is 1.65. The highest BCUT2D eigenvalue weighted by Crippen LogP contribution is 2.31. The second-order valence-corrected chi connectivity index (χ2v) is 7.25. The number of amides is 1. The van der Waals surface area contributed by atoms with Crippen molar-refractivity contribution in [1.29, 1.82) is 0 Å². The van der Waals surface area contributed by atoms with Gasteiger partial charge in [0.1, 0.15) is 23.1 Å². The lowest BCUT2D eigenvalue weighted by molar-refractivity contribution is -0.181. The van der Waals surface area contributed by atoms with E-state index >= 15 is 0 Å². The van der Waals surface area contributed by atoms with Gasteiger partial charge in [-0.05, 0) is 13.0 Å². The smallest absolute Gasteiger partial charge is 0.272 e. The molecule has 154 valence electrons. The lowest BCUT2D eigenvalue weighted by atomic mass is 10.0. The number of para-hydroxylation sites is 1. The number of ether oxygens (including phenoxy) is 3. The van der Waals surface area contributed by atoms with Crippen molar-refractivity contribution in [3.63, 3.8) is 0 Å². The van der Waals surface area contributed by atoms with Crippen LogP contribution in [0.1, 0.15) is 34.7 Å². The number of likely N-dealkylation sites (tertiary alicyclic amines) is 1. The zero-order valence-corrected chi connectivity index (χ0v) is 16.8. The maximum atomic E-state index is 13.0. The number of methoxy groups -OCH3 is 1. The molecule has 3 heterocycles. The van der Waals surface area contributed by atoms with E-state index in [1.807, 2.05) is 29.2 Å². The van der Waals surface area contributed by atoms with Crippen molar-refractivity contribution in [2.75, 3.05) is 38.7 Å². The predicted molar refractivity (Wildman–Crippen MR) is 107 cm³/mol. The third-order valence-electron chi connectivity index (χ3n) is 5.34. The average Bonchev–Trinajstić information content (AvgIpc) is 3.20. The Kier molecular flexibility index (Phi) is 5.64. The van der Waals surface area contributed by atoms with Crippen molar-refractivity contribution in [3.8, 4) is 5.75 Å². The summed E-state index contributed by atoms with van der Waals surface area (Å²) in [6.45, 7) is 4.75. The molecule has 0 saturated carbocycles. The van der Waals surface area contributed by atoms with E-state index in [9.17, 15) is 4.79 Å². The van der Waals surface area contributed by atoms with Gasteiger partial charge >= 0.3 is 0 Å². The van der Waals surface area contributed by atoms with Crippen LogP contribution in [0.2, 0.25) is 0 Å². The molecule has 0 unspecified atom stereocenters. The van der Waals surface area contributed by atoms with Crippen LogP contribution in [0.3, 0.4) is 0 Å². The second-order valence-electron chi connectivity index (χ2n) is 7.25. The Morgan fingerprint density at radius 1 is 1.21 bits per heavy atom. The van der Waals surface area contributed by atoms with Gasteiger partial charge in [-0.1, -0.05) is 18.2 Å². The molecule has 1 N–H and O–H groups in total. The normalized spacial score (nSPS) is 18.1. The topological polar surface area (TPSA) is 85.8 Å². The number of aryl methyl sites for hydroxylation is 1. The standard InChI is InChI=1S/C21H26N4O4/c1-15-23-17(20(26)25-9-7-21(8-10-25)28-11-12-29-21)13-19(24-15)22-14-16-5-3-4-6-18(16)27-2/h3-6,13H,7-12,14H2,1-2H3,(H,22,23,24). The predicted octanol–water partition coefficient (Wildman–Crippen LogP) is 2.38. The summed E-state index contributed by atoms with van der Waals surface area (Å²) in [4.78, 5) is 23.6. The van der Waals surface area contributed by atoms with Crippen molar-refractivity contribution in [2.45, 2.75) is 32.1 Å². The summed E-state index contributed by atoms with van der Waals surface area (Å²) in [6, 6.07) is 9.50. The Morgan fingerprint density at radius 2 is 1.93 bits per heavy atom. The first kappa shape index (κ1) is 19.6. The molecule has 2 aromatic rings. The fourth-order valence-electron chi connectivity index (χ4n) is 3.80. The van der Waals surface area contributed by atoms with Crippen molar-refractivity contribution < 1.29 is 19.0 Å². The van der Waals surface area contributed by atoms with Crippen LogP contribution in [-0.4, -0.2) is 60.0 Å². The summed E-state index contributed by atoms with van der Waals surface area (Å²) in [6.07, 6.45) is 1.36. The van der Waals surface area contributed by atoms with Gasteiger partial charge in [0.05, 0.1) is 20.3 Å². The van der Waals surface area contributed by atoms with Crippen LogP contribution in [-0.2, 0) is 16.0 Å². The minimum atomic E-state index is -0.500. The number of nitrogens with zero attached hydrogens (tertiary/aromatic N) is 3. The third-order valence-corrected chi connectivity index (χ3v) is 5.34. The number of carbonyl (C=O) groups is 1. The van der Waals surface area contributed by atoms with Gasteiger partial charge in [-0.15, -0.1) is 0 Å². The molecule has 29 heavy (non-hydrogen) atoms. The van der Waals surface area contributed by atoms with Crippen LogP contribution in [0.15, 0.2) is 30.3 Å². The van der Waals surface area contributed by atoms with Crippen molar-refractivity contribution >= 4 is 11.7 Å². The highest BCUT2D eigenvalue weighted by Gasteiger charge is 2.41. The number of rotatable bonds is 5. The van der Waals surface area contributed by atoms with E-state index in [2.05, 4.69) is 15.3 Å². The van der Waals surface area contributed by atoms with Crippen LogP contribution in [0.4, 0.5) is 5.82 Å². The lowest BCUT2D eigenvalue weighted by Crippen LogP contribution is -2.47. The summed E-state index contributed by atoms with van der Waals surface area (Å²) in [5.74, 6) is 1.38. The molecule has 2 aliphatic rings. The minimum absolute atomic E-state index is 0.0938. The first-order valence-corrected chi connectivity index (χ1v) is 9.87. The van der Waals surface area contributed by atoms with Crippen molar-refractivity contribution in [1.82, 2.24) is 14.9 Å². The molecule has 8 nitrogen and oxygen atoms in total. The number of benzene rings is 1. The number of hydrogen-bond donors (Lipinski definition) is 1. The first-order chi connectivity index (χ1) is 14.1. The largest absolute Gasteiger partial charge is 0.496 e. The zero-order valence-electron chi connectivity index (χ0n) is 16.8. The zero-order chi connectivity index (χ0) is 20.3. The molecule has 1 aromatic carbocycles. The SMILES string of the molecule is COc1ccccc1CNc1cc(C(=O)N2CCC3(CC2)OCCO3)nc(C)n1. The number of nitrogens with one attached hydrogen (secondary N) is 1. The molecule has 2 saturated heterocycles. The van der Waals surface area contributed by atoms with Gasteiger partial charge in [0, 0.05) is 44.1 Å². The van der Waals surface area contributed by atoms with E-state index in [0.717, 1.165) is 11.3 Å². The van der Waals surface area contributed by atoms with Gasteiger partial charge in [-0.3, -0.25) is 4.79 Å². The summed E-state index contributed by atoms with van der Waals surface area (Å²) < 4.78 is 16.9. The molecule has 2 fully saturated rings. The fourth-order valence-corrected chi connectivity index (χ4v) is 3.80. The monoisotopic (exact) mass is 398 g/mol. The number of carbonyl (C=O) groups excluding carboxylic acids is 1. The van der Waals surface area contributed by atoms with E-state index in [1.165, 1.54) is 0 Å². The van der Waals surface area contributed by atoms with Gasteiger partial charge in [0.2, 0.25) is 0 Å². The van der Waals surface area contributed by atoms with Gasteiger partial charge in [0.15, 0.2) is 5.79 Å². The average molecular weight is 398 g/mol. The highest BCUT2D eigenvalue weighted by atomic mass is 16.7. The molecule has 0 radical (unpaired) electrons. The van der Waals surface area contributed by atoms with Gasteiger partial charge in [0.25, 0.3) is 5.91 Å². The molecular formula is C21H26N4O4. The van der Waals surface area contributed by atoms with Gasteiger partial charge in [-0.2, -0.15) is 0 Å². The number of aromatic nitrogens is 2. The van der Waals surface area contributed by atoms with Crippen LogP contribution in [0.5, 0.6) is 5.75 Å². The Hall–Kier alpha value is -2.71. The second kappa shape index (κ2) is 8.34. The summed E-state index contributed by atoms with van der Waals surface area (Å²) in [5, 5.41) is 3.27. The van der Waals surface area contributed by atoms with E-state index in [-0.39, 0.29) is 5.91 Å². The van der Waals surface area contributed by atoms with Crippen molar-refractivity contribution in [2.24, 2.45) is 0 Å². The van der Waals surface area contributed by atoms with E-state index in [1.54, 1.807) is 20.1 Å². The van der Waals surface area contributed by atoms with E-state index < -0.39 is 5.79 Å². The fraction of sp³-hybridized carbons (Fsp3) is 0.476. The highest BCUT2D eigenvalue weighted by molar-refractivity contribution is 5.93. The van der Waals surface area contributed by atoms with Crippen LogP contribution >= 0.6 is 0 Å². The van der Waals surface area contributed by atoms with E-state index in [4.69, 9.17) is 14.2 Å². The Bertz CT molecular complexity index is 873. The summed E-state index contributed by atoms with van der Waals surface area (Å²) >= 11 is 0. The molecule has 1 aromatic heterocycles. The quantitative estimate of drug-likeness (QED) is 0.828. The van der Waals surface area contributed by atoms with Crippen LogP contribution < -0.4 is 10.1 Å². The maximum absolute atomic E-state index is 13.0. The molecule has 0 atom stereocenters. The van der Waals surface area contributed by atoms with Gasteiger partial charge < -0.3 is 24.4 Å². The molecule has 8 heteroatoms. The molecule has 4 rings (SSSR count). The maximum Gasteiger partial charge on any atom is 0.272 e. The lowest BCUT2D eigenvalue weighted by Gasteiger charge is -2.37. The molecule has 1 spiro atoms. The van der Waals surface area contributed by atoms with Crippen LogP contribution in [0.25, 0.3) is 0 Å². The number of piperidine rings is 1.